The normalized spacial score (nSPS) is 14.4. The van der Waals surface area contributed by atoms with Crippen molar-refractivity contribution in [3.8, 4) is 0 Å². The lowest BCUT2D eigenvalue weighted by molar-refractivity contribution is -0.161. The van der Waals surface area contributed by atoms with Crippen molar-refractivity contribution in [3.63, 3.8) is 0 Å². The summed E-state index contributed by atoms with van der Waals surface area (Å²) in [5.74, 6) is -1.39. The molecule has 0 aromatic rings. The van der Waals surface area contributed by atoms with Crippen molar-refractivity contribution in [3.05, 3.63) is 0 Å². The number of phosphoric ester groups is 2. The molecular weight excluding hydrogens is 1150 g/mol. The fourth-order valence-corrected chi connectivity index (χ4v) is 11.8. The maximum absolute atomic E-state index is 13.0. The molecule has 0 aliphatic heterocycles. The SMILES string of the molecule is CCCCCCCCCCCCCCCCCC(=O)O[C@H](COC(=O)CCCCCCCCCCCCC)COP(=O)(O)OC[C@@H](O)COP(=O)(O)OC[C@@H](COC(=O)CCCCCCCCC(C)CC)OC(=O)CCCCCCCCCCCCC. The van der Waals surface area contributed by atoms with Crippen LogP contribution < -0.4 is 0 Å². The van der Waals surface area contributed by atoms with Gasteiger partial charge >= 0.3 is 39.5 Å². The van der Waals surface area contributed by atoms with Crippen LogP contribution in [0.4, 0.5) is 0 Å². The van der Waals surface area contributed by atoms with E-state index in [2.05, 4.69) is 34.6 Å². The summed E-state index contributed by atoms with van der Waals surface area (Å²) >= 11 is 0. The van der Waals surface area contributed by atoms with Gasteiger partial charge in [-0.2, -0.15) is 0 Å². The topological polar surface area (TPSA) is 237 Å². The molecule has 0 rings (SSSR count). The maximum atomic E-state index is 13.0. The Balaban J connectivity index is 5.24. The Morgan fingerprint density at radius 3 is 0.816 bits per heavy atom. The zero-order valence-electron chi connectivity index (χ0n) is 56.2. The molecule has 17 nitrogen and oxygen atoms in total. The van der Waals surface area contributed by atoms with Gasteiger partial charge in [-0.15, -0.1) is 0 Å². The highest BCUT2D eigenvalue weighted by atomic mass is 31.2. The van der Waals surface area contributed by atoms with Crippen LogP contribution in [0.1, 0.15) is 349 Å². The van der Waals surface area contributed by atoms with Crippen molar-refractivity contribution in [1.82, 2.24) is 0 Å². The third-order valence-corrected chi connectivity index (χ3v) is 18.0. The van der Waals surface area contributed by atoms with Gasteiger partial charge < -0.3 is 33.8 Å². The summed E-state index contributed by atoms with van der Waals surface area (Å²) in [7, 11) is -9.89. The summed E-state index contributed by atoms with van der Waals surface area (Å²) in [6, 6.07) is 0. The van der Waals surface area contributed by atoms with E-state index in [1.54, 1.807) is 0 Å². The molecule has 3 N–H and O–H groups in total. The molecular formula is C68H132O17P2. The summed E-state index contributed by atoms with van der Waals surface area (Å²) < 4.78 is 68.2. The molecule has 19 heteroatoms. The van der Waals surface area contributed by atoms with Crippen molar-refractivity contribution in [2.75, 3.05) is 39.6 Å². The van der Waals surface area contributed by atoms with E-state index >= 15 is 0 Å². The van der Waals surface area contributed by atoms with Gasteiger partial charge in [0.15, 0.2) is 12.2 Å². The molecule has 0 heterocycles. The number of hydrogen-bond donors (Lipinski definition) is 3. The number of phosphoric acid groups is 2. The minimum absolute atomic E-state index is 0.106. The highest BCUT2D eigenvalue weighted by Gasteiger charge is 2.30. The maximum Gasteiger partial charge on any atom is 0.472 e. The van der Waals surface area contributed by atoms with Gasteiger partial charge in [0.05, 0.1) is 26.4 Å². The average Bonchev–Trinajstić information content (AvgIpc) is 3.66. The van der Waals surface area contributed by atoms with Crippen LogP contribution in [0.15, 0.2) is 0 Å². The van der Waals surface area contributed by atoms with Crippen LogP contribution in [0.2, 0.25) is 0 Å². The number of hydrogen-bond acceptors (Lipinski definition) is 15. The summed E-state index contributed by atoms with van der Waals surface area (Å²) in [4.78, 5) is 72.4. The highest BCUT2D eigenvalue weighted by Crippen LogP contribution is 2.45. The molecule has 0 fully saturated rings. The van der Waals surface area contributed by atoms with Gasteiger partial charge in [-0.25, -0.2) is 9.13 Å². The number of aliphatic hydroxyl groups excluding tert-OH is 1. The standard InChI is InChI=1S/C68H132O17P2/c1-6-10-13-16-19-22-25-26-27-28-31-34-37-44-49-54-68(73)84-63(57-78-65(70)51-46-41-35-32-29-23-20-17-14-11-7-2)59-82-86(74,75)80-55-62(69)56-81-87(76,77)83-60-64(58-79-66(71)52-47-42-39-38-40-45-50-61(5)9-4)85-67(72)53-48-43-36-33-30-24-21-18-15-12-8-3/h61-64,69H,6-60H2,1-5H3,(H,74,75)(H,76,77)/t61?,62-,63-,64-/m1/s1. The van der Waals surface area contributed by atoms with E-state index in [1.807, 2.05) is 0 Å². The zero-order valence-corrected chi connectivity index (χ0v) is 57.9. The molecule has 0 aliphatic rings. The van der Waals surface area contributed by atoms with E-state index in [-0.39, 0.29) is 25.7 Å². The molecule has 0 aliphatic carbocycles. The van der Waals surface area contributed by atoms with Crippen molar-refractivity contribution in [2.24, 2.45) is 5.92 Å². The van der Waals surface area contributed by atoms with Gasteiger partial charge in [0.1, 0.15) is 19.3 Å². The number of rotatable bonds is 68. The van der Waals surface area contributed by atoms with Crippen LogP contribution in [-0.2, 0) is 65.4 Å². The van der Waals surface area contributed by atoms with Gasteiger partial charge in [-0.1, -0.05) is 298 Å². The second-order valence-electron chi connectivity index (χ2n) is 24.8. The van der Waals surface area contributed by atoms with E-state index in [4.69, 9.17) is 37.0 Å². The molecule has 0 bridgehead atoms. The average molecular weight is 1280 g/mol. The van der Waals surface area contributed by atoms with E-state index in [0.29, 0.717) is 25.7 Å². The van der Waals surface area contributed by atoms with Gasteiger partial charge in [0, 0.05) is 25.7 Å². The van der Waals surface area contributed by atoms with Crippen LogP contribution in [0.5, 0.6) is 0 Å². The fourth-order valence-electron chi connectivity index (χ4n) is 10.3. The van der Waals surface area contributed by atoms with Crippen molar-refractivity contribution >= 4 is 39.5 Å². The van der Waals surface area contributed by atoms with E-state index in [0.717, 1.165) is 102 Å². The third-order valence-electron chi connectivity index (χ3n) is 16.1. The number of ether oxygens (including phenoxy) is 4. The Labute approximate surface area is 530 Å². The van der Waals surface area contributed by atoms with Crippen molar-refractivity contribution in [1.29, 1.82) is 0 Å². The quantitative estimate of drug-likeness (QED) is 0.0222. The zero-order chi connectivity index (χ0) is 64.2. The van der Waals surface area contributed by atoms with Crippen molar-refractivity contribution in [2.45, 2.75) is 368 Å². The molecule has 0 radical (unpaired) electrons. The highest BCUT2D eigenvalue weighted by molar-refractivity contribution is 7.47. The second-order valence-corrected chi connectivity index (χ2v) is 27.7. The Morgan fingerprint density at radius 2 is 0.552 bits per heavy atom. The molecule has 0 amide bonds. The smallest absolute Gasteiger partial charge is 0.462 e. The van der Waals surface area contributed by atoms with Crippen LogP contribution in [0, 0.1) is 5.92 Å². The molecule has 3 unspecified atom stereocenters. The molecule has 0 aromatic carbocycles. The van der Waals surface area contributed by atoms with Gasteiger partial charge in [0.25, 0.3) is 0 Å². The van der Waals surface area contributed by atoms with Crippen LogP contribution in [0.3, 0.4) is 0 Å². The molecule has 6 atom stereocenters. The molecule has 516 valence electrons. The molecule has 0 aromatic heterocycles. The predicted molar refractivity (Wildman–Crippen MR) is 349 cm³/mol. The lowest BCUT2D eigenvalue weighted by atomic mass is 10.00. The summed E-state index contributed by atoms with van der Waals surface area (Å²) in [6.45, 7) is 7.19. The Hall–Kier alpha value is -1.94. The summed E-state index contributed by atoms with van der Waals surface area (Å²) in [5.41, 5.74) is 0. The first-order chi connectivity index (χ1) is 42.1. The summed E-state index contributed by atoms with van der Waals surface area (Å²) in [5, 5.41) is 10.6. The van der Waals surface area contributed by atoms with Gasteiger partial charge in [-0.05, 0) is 31.6 Å². The molecule has 87 heavy (non-hydrogen) atoms. The fraction of sp³-hybridized carbons (Fsp3) is 0.941. The summed E-state index contributed by atoms with van der Waals surface area (Å²) in [6.07, 6.45) is 47.1. The largest absolute Gasteiger partial charge is 0.472 e. The number of carbonyl (C=O) groups excluding carboxylic acids is 4. The second kappa shape index (κ2) is 61.6. The van der Waals surface area contributed by atoms with Gasteiger partial charge in [-0.3, -0.25) is 37.3 Å². The van der Waals surface area contributed by atoms with E-state index in [1.165, 1.54) is 167 Å². The Bertz CT molecular complexity index is 1690. The Morgan fingerprint density at radius 1 is 0.322 bits per heavy atom. The Kier molecular flexibility index (Phi) is 60.2. The first kappa shape index (κ1) is 85.1. The first-order valence-electron chi connectivity index (χ1n) is 35.7. The van der Waals surface area contributed by atoms with Crippen molar-refractivity contribution < 1.29 is 80.2 Å². The van der Waals surface area contributed by atoms with Crippen LogP contribution >= 0.6 is 15.6 Å². The van der Waals surface area contributed by atoms with E-state index in [9.17, 15) is 43.2 Å². The van der Waals surface area contributed by atoms with E-state index < -0.39 is 97.5 Å². The number of esters is 4. The monoisotopic (exact) mass is 1280 g/mol. The lowest BCUT2D eigenvalue weighted by Gasteiger charge is -2.21. The van der Waals surface area contributed by atoms with Crippen LogP contribution in [0.25, 0.3) is 0 Å². The minimum Gasteiger partial charge on any atom is -0.462 e. The minimum atomic E-state index is -4.95. The number of unbranched alkanes of at least 4 members (excludes halogenated alkanes) is 39. The molecule has 0 saturated carbocycles. The lowest BCUT2D eigenvalue weighted by Crippen LogP contribution is -2.30. The van der Waals surface area contributed by atoms with Crippen LogP contribution in [-0.4, -0.2) is 96.7 Å². The molecule has 0 saturated heterocycles. The predicted octanol–water partition coefficient (Wildman–Crippen LogP) is 19.4. The molecule has 0 spiro atoms. The number of aliphatic hydroxyl groups is 1. The first-order valence-corrected chi connectivity index (χ1v) is 38.7. The van der Waals surface area contributed by atoms with Gasteiger partial charge in [0.2, 0.25) is 0 Å². The number of carbonyl (C=O) groups is 4. The third kappa shape index (κ3) is 61.3.